The number of hydrogen-bond acceptors (Lipinski definition) is 1. The van der Waals surface area contributed by atoms with Crippen molar-refractivity contribution in [3.8, 4) is 0 Å². The lowest BCUT2D eigenvalue weighted by atomic mass is 10.1. The second-order valence-electron chi connectivity index (χ2n) is 2.30. The number of halogens is 4. The molecule has 0 unspecified atom stereocenters. The molecule has 0 N–H and O–H groups in total. The largest absolute Gasteiger partial charge is 0.293 e. The normalized spacial score (nSPS) is 10.2. The van der Waals surface area contributed by atoms with Crippen LogP contribution in [0.1, 0.15) is 10.4 Å². The Hall–Kier alpha value is 0.430. The van der Waals surface area contributed by atoms with Crippen LogP contribution < -0.4 is 0 Å². The molecular weight excluding hydrogens is 343 g/mol. The first-order valence-corrected chi connectivity index (χ1v) is 5.97. The highest BCUT2D eigenvalue weighted by Gasteiger charge is 2.14. The van der Waals surface area contributed by atoms with Crippen LogP contribution in [0.3, 0.4) is 0 Å². The Morgan fingerprint density at radius 1 is 1.31 bits per heavy atom. The summed E-state index contributed by atoms with van der Waals surface area (Å²) in [4.78, 5) is 11.3. The summed E-state index contributed by atoms with van der Waals surface area (Å²) in [5, 5.41) is 0.946. The molecule has 1 aromatic rings. The van der Waals surface area contributed by atoms with Gasteiger partial charge < -0.3 is 0 Å². The molecule has 13 heavy (non-hydrogen) atoms. The summed E-state index contributed by atoms with van der Waals surface area (Å²) in [5.41, 5.74) is 0.364. The van der Waals surface area contributed by atoms with Crippen molar-refractivity contribution in [1.82, 2.24) is 0 Å². The van der Waals surface area contributed by atoms with Crippen LogP contribution in [0.25, 0.3) is 0 Å². The summed E-state index contributed by atoms with van der Waals surface area (Å²) in [7, 11) is 0. The van der Waals surface area contributed by atoms with Crippen molar-refractivity contribution in [3.63, 3.8) is 0 Å². The van der Waals surface area contributed by atoms with Crippen LogP contribution >= 0.6 is 55.1 Å². The Bertz CT molecular complexity index is 329. The first-order chi connectivity index (χ1) is 6.06. The van der Waals surface area contributed by atoms with Crippen molar-refractivity contribution in [1.29, 1.82) is 0 Å². The van der Waals surface area contributed by atoms with Crippen molar-refractivity contribution in [2.45, 2.75) is 0 Å². The molecule has 0 saturated carbocycles. The molecule has 0 saturated heterocycles. The van der Waals surface area contributed by atoms with Gasteiger partial charge >= 0.3 is 0 Å². The van der Waals surface area contributed by atoms with Crippen LogP contribution in [0.2, 0.25) is 10.0 Å². The van der Waals surface area contributed by atoms with Crippen molar-refractivity contribution < 1.29 is 4.79 Å². The minimum atomic E-state index is -0.123. The Morgan fingerprint density at radius 3 is 2.15 bits per heavy atom. The van der Waals surface area contributed by atoms with Gasteiger partial charge in [-0.2, -0.15) is 0 Å². The fourth-order valence-corrected chi connectivity index (χ4v) is 2.58. The third-order valence-electron chi connectivity index (χ3n) is 1.41. The maximum absolute atomic E-state index is 11.3. The third-order valence-corrected chi connectivity index (χ3v) is 2.97. The number of carbonyl (C=O) groups is 1. The molecule has 0 spiro atoms. The molecule has 1 nitrogen and oxygen atoms in total. The van der Waals surface area contributed by atoms with Crippen LogP contribution in [-0.4, -0.2) is 11.1 Å². The SMILES string of the molecule is O=C(CBr)c1c(Cl)cc(Br)cc1Cl. The van der Waals surface area contributed by atoms with Crippen LogP contribution in [0.4, 0.5) is 0 Å². The zero-order valence-corrected chi connectivity index (χ0v) is 11.0. The fourth-order valence-electron chi connectivity index (χ4n) is 0.875. The molecule has 0 radical (unpaired) electrons. The van der Waals surface area contributed by atoms with Crippen molar-refractivity contribution in [3.05, 3.63) is 32.2 Å². The van der Waals surface area contributed by atoms with Gasteiger partial charge in [0.1, 0.15) is 0 Å². The summed E-state index contributed by atoms with van der Waals surface area (Å²) < 4.78 is 0.758. The molecule has 0 amide bonds. The highest BCUT2D eigenvalue weighted by Crippen LogP contribution is 2.29. The Kier molecular flexibility index (Phi) is 4.23. The van der Waals surface area contributed by atoms with Gasteiger partial charge in [-0.3, -0.25) is 4.79 Å². The van der Waals surface area contributed by atoms with E-state index >= 15 is 0 Å². The molecule has 0 fully saturated rings. The molecule has 0 bridgehead atoms. The lowest BCUT2D eigenvalue weighted by Gasteiger charge is -2.04. The van der Waals surface area contributed by atoms with E-state index < -0.39 is 0 Å². The third kappa shape index (κ3) is 2.69. The predicted molar refractivity (Wildman–Crippen MR) is 62.3 cm³/mol. The van der Waals surface area contributed by atoms with Crippen molar-refractivity contribution >= 4 is 60.8 Å². The highest BCUT2D eigenvalue weighted by atomic mass is 79.9. The van der Waals surface area contributed by atoms with Gasteiger partial charge in [0, 0.05) is 4.47 Å². The molecule has 1 aromatic carbocycles. The molecule has 0 heterocycles. The molecule has 0 aromatic heterocycles. The first kappa shape index (κ1) is 11.5. The number of rotatable bonds is 2. The Labute approximate surface area is 103 Å². The molecular formula is C8H4Br2Cl2O. The summed E-state index contributed by atoms with van der Waals surface area (Å²) >= 11 is 18.0. The predicted octanol–water partition coefficient (Wildman–Crippen LogP) is 4.33. The smallest absolute Gasteiger partial charge is 0.176 e. The summed E-state index contributed by atoms with van der Waals surface area (Å²) in [6.07, 6.45) is 0. The van der Waals surface area contributed by atoms with Gasteiger partial charge in [0.15, 0.2) is 5.78 Å². The average molecular weight is 347 g/mol. The van der Waals surface area contributed by atoms with Gasteiger partial charge in [0.25, 0.3) is 0 Å². The monoisotopic (exact) mass is 344 g/mol. The van der Waals surface area contributed by atoms with Crippen molar-refractivity contribution in [2.24, 2.45) is 0 Å². The maximum atomic E-state index is 11.3. The van der Waals surface area contributed by atoms with E-state index in [4.69, 9.17) is 23.2 Å². The van der Waals surface area contributed by atoms with Crippen LogP contribution in [0, 0.1) is 0 Å². The minimum Gasteiger partial charge on any atom is -0.293 e. The number of carbonyl (C=O) groups excluding carboxylic acids is 1. The molecule has 0 aliphatic carbocycles. The van der Waals surface area contributed by atoms with E-state index in [2.05, 4.69) is 31.9 Å². The highest BCUT2D eigenvalue weighted by molar-refractivity contribution is 9.10. The number of hydrogen-bond donors (Lipinski definition) is 0. The Morgan fingerprint density at radius 2 is 1.77 bits per heavy atom. The Balaban J connectivity index is 3.28. The van der Waals surface area contributed by atoms with Gasteiger partial charge in [0.2, 0.25) is 0 Å². The second-order valence-corrected chi connectivity index (χ2v) is 4.59. The summed E-state index contributed by atoms with van der Waals surface area (Å²) in [5.74, 6) is -0.123. The number of benzene rings is 1. The van der Waals surface area contributed by atoms with E-state index in [0.717, 1.165) is 4.47 Å². The molecule has 70 valence electrons. The lowest BCUT2D eigenvalue weighted by molar-refractivity contribution is 0.102. The van der Waals surface area contributed by atoms with Gasteiger partial charge in [-0.05, 0) is 12.1 Å². The second kappa shape index (κ2) is 4.78. The van der Waals surface area contributed by atoms with E-state index in [1.54, 1.807) is 12.1 Å². The minimum absolute atomic E-state index is 0.123. The summed E-state index contributed by atoms with van der Waals surface area (Å²) in [6, 6.07) is 3.28. The van der Waals surface area contributed by atoms with E-state index in [1.165, 1.54) is 0 Å². The zero-order valence-electron chi connectivity index (χ0n) is 6.28. The molecule has 5 heteroatoms. The number of ketones is 1. The van der Waals surface area contributed by atoms with Gasteiger partial charge in [-0.15, -0.1) is 0 Å². The fraction of sp³-hybridized carbons (Fsp3) is 0.125. The molecule has 0 aliphatic heterocycles. The quantitative estimate of drug-likeness (QED) is 0.575. The van der Waals surface area contributed by atoms with Gasteiger partial charge in [-0.25, -0.2) is 0 Å². The topological polar surface area (TPSA) is 17.1 Å². The zero-order chi connectivity index (χ0) is 10.0. The van der Waals surface area contributed by atoms with Crippen LogP contribution in [-0.2, 0) is 0 Å². The van der Waals surface area contributed by atoms with Gasteiger partial charge in [-0.1, -0.05) is 55.1 Å². The summed E-state index contributed by atoms with van der Waals surface area (Å²) in [6.45, 7) is 0. The number of Topliss-reactive ketones (excluding diaryl/α,β-unsaturated/α-hetero) is 1. The molecule has 1 rings (SSSR count). The lowest BCUT2D eigenvalue weighted by Crippen LogP contribution is -2.01. The number of alkyl halides is 1. The van der Waals surface area contributed by atoms with E-state index in [0.29, 0.717) is 15.6 Å². The van der Waals surface area contributed by atoms with Crippen LogP contribution in [0.15, 0.2) is 16.6 Å². The molecule has 0 aliphatic rings. The molecule has 0 atom stereocenters. The van der Waals surface area contributed by atoms with E-state index in [9.17, 15) is 4.79 Å². The standard InChI is InChI=1S/C8H4Br2Cl2O/c9-3-7(13)8-5(11)1-4(10)2-6(8)12/h1-2H,3H2. The average Bonchev–Trinajstić information content (AvgIpc) is 2.02. The van der Waals surface area contributed by atoms with Gasteiger partial charge in [0.05, 0.1) is 20.9 Å². The maximum Gasteiger partial charge on any atom is 0.176 e. The van der Waals surface area contributed by atoms with Crippen LogP contribution in [0.5, 0.6) is 0 Å². The first-order valence-electron chi connectivity index (χ1n) is 3.30. The van der Waals surface area contributed by atoms with E-state index in [1.807, 2.05) is 0 Å². The van der Waals surface area contributed by atoms with E-state index in [-0.39, 0.29) is 11.1 Å². The van der Waals surface area contributed by atoms with Crippen molar-refractivity contribution in [2.75, 3.05) is 5.33 Å².